The first-order chi connectivity index (χ1) is 15.8. The molecule has 0 amide bonds. The molecule has 0 atom stereocenters. The van der Waals surface area contributed by atoms with Crippen LogP contribution in [0.1, 0.15) is 0 Å². The van der Waals surface area contributed by atoms with E-state index in [4.69, 9.17) is 0 Å². The number of hydrogen-bond acceptors (Lipinski definition) is 4. The molecule has 6 heteroatoms. The average molecular weight is 611 g/mol. The van der Waals surface area contributed by atoms with E-state index in [9.17, 15) is 0 Å². The van der Waals surface area contributed by atoms with E-state index in [-0.39, 0.29) is 0 Å². The van der Waals surface area contributed by atoms with E-state index in [0.29, 0.717) is 29.0 Å². The first kappa shape index (κ1) is 18.9. The molecule has 0 aliphatic heterocycles. The Balaban J connectivity index is 1.35. The van der Waals surface area contributed by atoms with Crippen molar-refractivity contribution < 1.29 is 0 Å². The summed E-state index contributed by atoms with van der Waals surface area (Å²) in [6.07, 6.45) is 0. The molecule has 0 N–H and O–H groups in total. The van der Waals surface area contributed by atoms with Gasteiger partial charge in [-0.1, -0.05) is 0 Å². The fourth-order valence-corrected chi connectivity index (χ4v) is 13.6. The Hall–Kier alpha value is -1.46. The van der Waals surface area contributed by atoms with Gasteiger partial charge in [0.2, 0.25) is 0 Å². The van der Waals surface area contributed by atoms with Crippen molar-refractivity contribution in [3.05, 3.63) is 71.4 Å². The number of rotatable bonds is 2. The zero-order valence-electron chi connectivity index (χ0n) is 16.4. The maximum atomic E-state index is 2.50. The van der Waals surface area contributed by atoms with Crippen molar-refractivity contribution in [2.75, 3.05) is 0 Å². The van der Waals surface area contributed by atoms with E-state index < -0.39 is 0 Å². The zero-order valence-corrected chi connectivity index (χ0v) is 23.1. The van der Waals surface area contributed by atoms with Gasteiger partial charge < -0.3 is 0 Å². The van der Waals surface area contributed by atoms with Crippen LogP contribution in [0.3, 0.4) is 0 Å². The monoisotopic (exact) mass is 612 g/mol. The normalized spacial score (nSPS) is 12.4. The summed E-state index contributed by atoms with van der Waals surface area (Å²) in [5.41, 5.74) is 0. The zero-order chi connectivity index (χ0) is 20.8. The molecule has 0 aliphatic carbocycles. The molecule has 2 aromatic carbocycles. The van der Waals surface area contributed by atoms with Crippen LogP contribution >= 0.6 is 45.3 Å². The van der Waals surface area contributed by atoms with Gasteiger partial charge >= 0.3 is 213 Å². The van der Waals surface area contributed by atoms with Crippen molar-refractivity contribution in [2.45, 2.75) is 0 Å². The van der Waals surface area contributed by atoms with Crippen molar-refractivity contribution in [1.82, 2.24) is 0 Å². The van der Waals surface area contributed by atoms with E-state index in [1.807, 2.05) is 45.3 Å². The first-order valence-electron chi connectivity index (χ1n) is 10.1. The molecule has 0 spiro atoms. The first-order valence-corrected chi connectivity index (χ1v) is 17.0. The van der Waals surface area contributed by atoms with Crippen molar-refractivity contribution in [1.29, 1.82) is 0 Å². The summed E-state index contributed by atoms with van der Waals surface area (Å²) in [6, 6.07) is 23.6. The van der Waals surface area contributed by atoms with Crippen molar-refractivity contribution in [3.63, 3.8) is 0 Å². The minimum atomic E-state index is 0.409. The van der Waals surface area contributed by atoms with Crippen LogP contribution in [0.25, 0.3) is 67.5 Å². The van der Waals surface area contributed by atoms with E-state index in [2.05, 4.69) is 71.4 Å². The van der Waals surface area contributed by atoms with Gasteiger partial charge in [-0.25, -0.2) is 0 Å². The van der Waals surface area contributed by atoms with Crippen LogP contribution in [0.15, 0.2) is 71.4 Å². The van der Waals surface area contributed by atoms with Crippen LogP contribution in [0, 0.1) is 0 Å². The average Bonchev–Trinajstić information content (AvgIpc) is 3.61. The standard InChI is InChI=1S/C26H12S4Se2/c1-3-17(27-5-1)23-9-13-7-19-15(11-21(13)31-23)25-26(29-19)16-12-22-14(8-20(16)30-25)10-24(32-22)18-4-2-6-28-18/h1-12H. The van der Waals surface area contributed by atoms with Crippen molar-refractivity contribution in [2.24, 2.45) is 0 Å². The Morgan fingerprint density at radius 1 is 0.562 bits per heavy atom. The predicted octanol–water partition coefficient (Wildman–Crippen LogP) is 9.15. The second-order valence-corrected chi connectivity index (χ2v) is 16.4. The molecule has 152 valence electrons. The second-order valence-electron chi connectivity index (χ2n) is 7.81. The summed E-state index contributed by atoms with van der Waals surface area (Å²) in [5, 5.41) is 10.2. The molecule has 0 saturated heterocycles. The molecule has 6 heterocycles. The molecule has 0 unspecified atom stereocenters. The summed E-state index contributed by atoms with van der Waals surface area (Å²) >= 11 is 8.52. The van der Waals surface area contributed by atoms with E-state index in [1.165, 1.54) is 59.0 Å². The van der Waals surface area contributed by atoms with Gasteiger partial charge in [-0.3, -0.25) is 0 Å². The number of thiophene rings is 4. The van der Waals surface area contributed by atoms with Gasteiger partial charge in [0.05, 0.1) is 0 Å². The maximum absolute atomic E-state index is 2.50. The number of hydrogen-bond donors (Lipinski definition) is 0. The molecule has 8 aromatic rings. The third-order valence-corrected chi connectivity index (χ3v) is 15.5. The molecule has 0 saturated carbocycles. The summed E-state index contributed by atoms with van der Waals surface area (Å²) in [4.78, 5) is 2.87. The summed E-state index contributed by atoms with van der Waals surface area (Å²) in [5.74, 6) is 0. The molecule has 6 aromatic heterocycles. The minimum absolute atomic E-state index is 0.409. The molecule has 0 fully saturated rings. The van der Waals surface area contributed by atoms with Gasteiger partial charge in [0.1, 0.15) is 0 Å². The number of benzene rings is 2. The SMILES string of the molecule is c1csc(-c2cc3cc4sc5c6cc7[se]c(-c8cccs8)cc7cc6sc5c4cc3[se]2)c1. The van der Waals surface area contributed by atoms with Gasteiger partial charge in [-0.15, -0.1) is 0 Å². The van der Waals surface area contributed by atoms with Crippen LogP contribution in [0.5, 0.6) is 0 Å². The molecule has 0 bridgehead atoms. The Bertz CT molecular complexity index is 1780. The Labute approximate surface area is 211 Å². The van der Waals surface area contributed by atoms with Gasteiger partial charge in [0.25, 0.3) is 0 Å². The Morgan fingerprint density at radius 3 is 1.50 bits per heavy atom. The van der Waals surface area contributed by atoms with Gasteiger partial charge in [0.15, 0.2) is 0 Å². The van der Waals surface area contributed by atoms with E-state index in [0.717, 1.165) is 0 Å². The number of fused-ring (bicyclic) bond motifs is 7. The third-order valence-electron chi connectivity index (χ3n) is 5.88. The molecule has 8 rings (SSSR count). The second kappa shape index (κ2) is 7.02. The molecule has 0 aliphatic rings. The topological polar surface area (TPSA) is 0 Å². The van der Waals surface area contributed by atoms with Crippen LogP contribution < -0.4 is 0 Å². The van der Waals surface area contributed by atoms with Crippen molar-refractivity contribution in [3.8, 4) is 18.6 Å². The van der Waals surface area contributed by atoms with Gasteiger partial charge in [-0.05, 0) is 0 Å². The quantitative estimate of drug-likeness (QED) is 0.171. The fraction of sp³-hybridized carbons (Fsp3) is 0. The van der Waals surface area contributed by atoms with E-state index >= 15 is 0 Å². The van der Waals surface area contributed by atoms with Crippen LogP contribution in [-0.2, 0) is 0 Å². The fourth-order valence-electron chi connectivity index (χ4n) is 4.40. The Kier molecular flexibility index (Phi) is 4.15. The molecule has 0 nitrogen and oxygen atoms in total. The van der Waals surface area contributed by atoms with Crippen LogP contribution in [0.2, 0.25) is 0 Å². The van der Waals surface area contributed by atoms with Crippen LogP contribution in [-0.4, -0.2) is 29.0 Å². The summed E-state index contributed by atoms with van der Waals surface area (Å²) < 4.78 is 12.0. The predicted molar refractivity (Wildman–Crippen MR) is 150 cm³/mol. The molecule has 0 radical (unpaired) electrons. The Morgan fingerprint density at radius 2 is 1.06 bits per heavy atom. The van der Waals surface area contributed by atoms with Gasteiger partial charge in [-0.2, -0.15) is 0 Å². The summed E-state index contributed by atoms with van der Waals surface area (Å²) in [6.45, 7) is 0. The van der Waals surface area contributed by atoms with Crippen LogP contribution in [0.4, 0.5) is 0 Å². The van der Waals surface area contributed by atoms with Crippen molar-refractivity contribution >= 4 is 123 Å². The molecular weight excluding hydrogens is 598 g/mol. The van der Waals surface area contributed by atoms with E-state index in [1.54, 1.807) is 8.52 Å². The molecular formula is C26H12S4Se2. The van der Waals surface area contributed by atoms with Gasteiger partial charge in [0, 0.05) is 0 Å². The third kappa shape index (κ3) is 2.76. The molecule has 32 heavy (non-hydrogen) atoms. The summed E-state index contributed by atoms with van der Waals surface area (Å²) in [7, 11) is 0.